The minimum absolute atomic E-state index is 0.141. The van der Waals surface area contributed by atoms with E-state index < -0.39 is 5.41 Å². The third-order valence-electron chi connectivity index (χ3n) is 3.22. The van der Waals surface area contributed by atoms with Gasteiger partial charge in [-0.05, 0) is 31.5 Å². The first-order chi connectivity index (χ1) is 7.98. The summed E-state index contributed by atoms with van der Waals surface area (Å²) >= 11 is 3.45. The lowest BCUT2D eigenvalue weighted by molar-refractivity contribution is -0.122. The SMILES string of the molecule is COCCN1C(=O)C(C)(C)c2ccc(Br)cc21. The monoisotopic (exact) mass is 297 g/mol. The summed E-state index contributed by atoms with van der Waals surface area (Å²) in [5, 5.41) is 0. The second kappa shape index (κ2) is 4.42. The Bertz CT molecular complexity index is 457. The van der Waals surface area contributed by atoms with E-state index in [1.807, 2.05) is 36.9 Å². The molecule has 0 radical (unpaired) electrons. The number of carbonyl (C=O) groups is 1. The molecule has 0 unspecified atom stereocenters. The Balaban J connectivity index is 2.45. The van der Waals surface area contributed by atoms with Crippen LogP contribution < -0.4 is 4.90 Å². The van der Waals surface area contributed by atoms with Crippen LogP contribution in [0.4, 0.5) is 5.69 Å². The second-order valence-electron chi connectivity index (χ2n) is 4.74. The Hall–Kier alpha value is -0.870. The van der Waals surface area contributed by atoms with Crippen LogP contribution in [-0.4, -0.2) is 26.2 Å². The predicted octanol–water partition coefficient (Wildman–Crippen LogP) is 2.72. The number of anilines is 1. The maximum Gasteiger partial charge on any atom is 0.237 e. The summed E-state index contributed by atoms with van der Waals surface area (Å²) in [6.45, 7) is 5.08. The third kappa shape index (κ3) is 2.00. The second-order valence-corrected chi connectivity index (χ2v) is 5.65. The Morgan fingerprint density at radius 2 is 2.12 bits per heavy atom. The van der Waals surface area contributed by atoms with Crippen LogP contribution in [-0.2, 0) is 14.9 Å². The van der Waals surface area contributed by atoms with Gasteiger partial charge in [0.1, 0.15) is 0 Å². The fraction of sp³-hybridized carbons (Fsp3) is 0.462. The molecule has 0 fully saturated rings. The van der Waals surface area contributed by atoms with Crippen LogP contribution in [0, 0.1) is 0 Å². The van der Waals surface area contributed by atoms with Gasteiger partial charge >= 0.3 is 0 Å². The number of benzene rings is 1. The zero-order valence-electron chi connectivity index (χ0n) is 10.3. The summed E-state index contributed by atoms with van der Waals surface area (Å²) in [5.74, 6) is 0.141. The lowest BCUT2D eigenvalue weighted by atomic mass is 9.86. The van der Waals surface area contributed by atoms with Gasteiger partial charge in [-0.1, -0.05) is 22.0 Å². The van der Waals surface area contributed by atoms with Gasteiger partial charge in [0.25, 0.3) is 0 Å². The molecule has 0 aliphatic carbocycles. The van der Waals surface area contributed by atoms with Crippen LogP contribution in [0.2, 0.25) is 0 Å². The van der Waals surface area contributed by atoms with Gasteiger partial charge in [0.15, 0.2) is 0 Å². The molecule has 0 saturated heterocycles. The van der Waals surface area contributed by atoms with Crippen molar-refractivity contribution >= 4 is 27.5 Å². The Morgan fingerprint density at radius 1 is 1.41 bits per heavy atom. The maximum atomic E-state index is 12.4. The molecular formula is C13H16BrNO2. The topological polar surface area (TPSA) is 29.5 Å². The van der Waals surface area contributed by atoms with Gasteiger partial charge in [0, 0.05) is 23.8 Å². The molecule has 1 aromatic rings. The van der Waals surface area contributed by atoms with Crippen LogP contribution >= 0.6 is 15.9 Å². The van der Waals surface area contributed by atoms with Crippen molar-refractivity contribution in [1.29, 1.82) is 0 Å². The molecule has 92 valence electrons. The molecule has 3 nitrogen and oxygen atoms in total. The zero-order chi connectivity index (χ0) is 12.6. The summed E-state index contributed by atoms with van der Waals surface area (Å²) in [7, 11) is 1.65. The van der Waals surface area contributed by atoms with E-state index in [1.165, 1.54) is 0 Å². The molecule has 0 bridgehead atoms. The summed E-state index contributed by atoms with van der Waals surface area (Å²) in [4.78, 5) is 14.2. The average Bonchev–Trinajstić information content (AvgIpc) is 2.45. The first kappa shape index (κ1) is 12.6. The van der Waals surface area contributed by atoms with E-state index in [0.29, 0.717) is 13.2 Å². The molecule has 0 spiro atoms. The smallest absolute Gasteiger partial charge is 0.237 e. The lowest BCUT2D eigenvalue weighted by Gasteiger charge is -2.19. The number of methoxy groups -OCH3 is 1. The van der Waals surface area contributed by atoms with Crippen molar-refractivity contribution < 1.29 is 9.53 Å². The number of nitrogens with zero attached hydrogens (tertiary/aromatic N) is 1. The molecule has 4 heteroatoms. The molecule has 1 aromatic carbocycles. The van der Waals surface area contributed by atoms with Crippen molar-refractivity contribution in [2.45, 2.75) is 19.3 Å². The molecule has 2 rings (SSSR count). The predicted molar refractivity (Wildman–Crippen MR) is 71.4 cm³/mol. The van der Waals surface area contributed by atoms with Gasteiger partial charge in [0.05, 0.1) is 12.0 Å². The minimum atomic E-state index is -0.441. The van der Waals surface area contributed by atoms with Crippen molar-refractivity contribution in [3.05, 3.63) is 28.2 Å². The first-order valence-corrected chi connectivity index (χ1v) is 6.38. The number of hydrogen-bond acceptors (Lipinski definition) is 2. The van der Waals surface area contributed by atoms with E-state index in [0.717, 1.165) is 15.7 Å². The van der Waals surface area contributed by atoms with Gasteiger partial charge in [-0.3, -0.25) is 4.79 Å². The summed E-state index contributed by atoms with van der Waals surface area (Å²) in [6.07, 6.45) is 0. The lowest BCUT2D eigenvalue weighted by Crippen LogP contribution is -2.37. The van der Waals surface area contributed by atoms with Crippen molar-refractivity contribution in [2.75, 3.05) is 25.2 Å². The van der Waals surface area contributed by atoms with E-state index >= 15 is 0 Å². The van der Waals surface area contributed by atoms with Crippen molar-refractivity contribution in [3.63, 3.8) is 0 Å². The Labute approximate surface area is 110 Å². The summed E-state index contributed by atoms with van der Waals surface area (Å²) in [5.41, 5.74) is 1.64. The summed E-state index contributed by atoms with van der Waals surface area (Å²) < 4.78 is 6.05. The Kier molecular flexibility index (Phi) is 3.27. The van der Waals surface area contributed by atoms with Gasteiger partial charge in [-0.15, -0.1) is 0 Å². The molecule has 0 N–H and O–H groups in total. The largest absolute Gasteiger partial charge is 0.383 e. The zero-order valence-corrected chi connectivity index (χ0v) is 11.9. The molecule has 17 heavy (non-hydrogen) atoms. The van der Waals surface area contributed by atoms with Crippen LogP contribution in [0.3, 0.4) is 0 Å². The molecule has 1 aliphatic rings. The Morgan fingerprint density at radius 3 is 2.76 bits per heavy atom. The normalized spacial score (nSPS) is 17.4. The fourth-order valence-electron chi connectivity index (χ4n) is 2.22. The van der Waals surface area contributed by atoms with E-state index in [9.17, 15) is 4.79 Å². The highest BCUT2D eigenvalue weighted by atomic mass is 79.9. The van der Waals surface area contributed by atoms with E-state index in [4.69, 9.17) is 4.74 Å². The molecule has 0 aromatic heterocycles. The number of rotatable bonds is 3. The van der Waals surface area contributed by atoms with Crippen LogP contribution in [0.1, 0.15) is 19.4 Å². The van der Waals surface area contributed by atoms with Crippen LogP contribution in [0.15, 0.2) is 22.7 Å². The highest BCUT2D eigenvalue weighted by molar-refractivity contribution is 9.10. The quantitative estimate of drug-likeness (QED) is 0.858. The maximum absolute atomic E-state index is 12.4. The van der Waals surface area contributed by atoms with Crippen molar-refractivity contribution in [1.82, 2.24) is 0 Å². The molecule has 1 amide bonds. The number of hydrogen-bond donors (Lipinski definition) is 0. The number of ether oxygens (including phenoxy) is 1. The van der Waals surface area contributed by atoms with Gasteiger partial charge in [-0.2, -0.15) is 0 Å². The molecule has 1 aliphatic heterocycles. The van der Waals surface area contributed by atoms with E-state index in [1.54, 1.807) is 7.11 Å². The number of amides is 1. The average molecular weight is 298 g/mol. The molecule has 1 heterocycles. The fourth-order valence-corrected chi connectivity index (χ4v) is 2.57. The number of carbonyl (C=O) groups excluding carboxylic acids is 1. The van der Waals surface area contributed by atoms with E-state index in [2.05, 4.69) is 15.9 Å². The van der Waals surface area contributed by atoms with Crippen LogP contribution in [0.5, 0.6) is 0 Å². The highest BCUT2D eigenvalue weighted by Crippen LogP contribution is 2.42. The van der Waals surface area contributed by atoms with Gasteiger partial charge < -0.3 is 9.64 Å². The number of fused-ring (bicyclic) bond motifs is 1. The van der Waals surface area contributed by atoms with E-state index in [-0.39, 0.29) is 5.91 Å². The minimum Gasteiger partial charge on any atom is -0.383 e. The van der Waals surface area contributed by atoms with Crippen molar-refractivity contribution in [3.8, 4) is 0 Å². The standard InChI is InChI=1S/C13H16BrNO2/c1-13(2)10-5-4-9(14)8-11(10)15(12(13)16)6-7-17-3/h4-5,8H,6-7H2,1-3H3. The molecule has 0 saturated carbocycles. The third-order valence-corrected chi connectivity index (χ3v) is 3.72. The van der Waals surface area contributed by atoms with Gasteiger partial charge in [-0.25, -0.2) is 0 Å². The molecular weight excluding hydrogens is 282 g/mol. The first-order valence-electron chi connectivity index (χ1n) is 5.59. The van der Waals surface area contributed by atoms with Gasteiger partial charge in [0.2, 0.25) is 5.91 Å². The van der Waals surface area contributed by atoms with Crippen molar-refractivity contribution in [2.24, 2.45) is 0 Å². The number of halogens is 1. The summed E-state index contributed by atoms with van der Waals surface area (Å²) in [6, 6.07) is 6.00. The highest BCUT2D eigenvalue weighted by Gasteiger charge is 2.43. The molecule has 0 atom stereocenters. The van der Waals surface area contributed by atoms with Crippen LogP contribution in [0.25, 0.3) is 0 Å².